The molecule has 1 heterocycles. The number of nitrogens with one attached hydrogen (secondary N) is 2. The average molecular weight is 267 g/mol. The zero-order valence-corrected chi connectivity index (χ0v) is 12.0. The fraction of sp³-hybridized carbons (Fsp3) is 0.571. The van der Waals surface area contributed by atoms with Crippen LogP contribution in [-0.2, 0) is 0 Å². The number of amides is 1. The summed E-state index contributed by atoms with van der Waals surface area (Å²) in [5.74, 6) is -0.397. The maximum atomic E-state index is 13.3. The van der Waals surface area contributed by atoms with Crippen LogP contribution in [0.25, 0.3) is 0 Å². The number of hydrogen-bond acceptors (Lipinski definition) is 3. The van der Waals surface area contributed by atoms with Crippen molar-refractivity contribution in [2.45, 2.75) is 46.1 Å². The van der Waals surface area contributed by atoms with Gasteiger partial charge < -0.3 is 10.6 Å². The van der Waals surface area contributed by atoms with Crippen molar-refractivity contribution in [3.05, 3.63) is 23.6 Å². The van der Waals surface area contributed by atoms with Gasteiger partial charge in [0.2, 0.25) is 0 Å². The van der Waals surface area contributed by atoms with E-state index in [9.17, 15) is 9.18 Å². The lowest BCUT2D eigenvalue weighted by atomic mass is 9.95. The van der Waals surface area contributed by atoms with Crippen LogP contribution in [0, 0.1) is 5.82 Å². The summed E-state index contributed by atoms with van der Waals surface area (Å²) in [5.41, 5.74) is -0.0395. The lowest BCUT2D eigenvalue weighted by Crippen LogP contribution is -2.45. The van der Waals surface area contributed by atoms with Gasteiger partial charge in [-0.2, -0.15) is 0 Å². The Morgan fingerprint density at radius 1 is 1.37 bits per heavy atom. The molecule has 1 aromatic rings. The molecule has 4 nitrogen and oxygen atoms in total. The Balaban J connectivity index is 3.01. The van der Waals surface area contributed by atoms with Gasteiger partial charge in [0.25, 0.3) is 5.91 Å². The van der Waals surface area contributed by atoms with E-state index in [1.807, 2.05) is 27.7 Å². The Morgan fingerprint density at radius 3 is 2.53 bits per heavy atom. The van der Waals surface area contributed by atoms with Gasteiger partial charge in [0.15, 0.2) is 0 Å². The largest absolute Gasteiger partial charge is 0.370 e. The van der Waals surface area contributed by atoms with E-state index >= 15 is 0 Å². The van der Waals surface area contributed by atoms with Gasteiger partial charge in [-0.05, 0) is 32.8 Å². The molecule has 1 aromatic heterocycles. The first-order chi connectivity index (χ1) is 8.95. The molecule has 0 aliphatic heterocycles. The Bertz CT molecular complexity index is 444. The minimum atomic E-state index is -0.512. The van der Waals surface area contributed by atoms with Crippen molar-refractivity contribution in [2.24, 2.45) is 0 Å². The van der Waals surface area contributed by atoms with Crippen LogP contribution >= 0.6 is 0 Å². The van der Waals surface area contributed by atoms with Gasteiger partial charge >= 0.3 is 0 Å². The summed E-state index contributed by atoms with van der Waals surface area (Å²) in [6, 6.07) is 1.21. The van der Waals surface area contributed by atoms with Crippen LogP contribution in [0.3, 0.4) is 0 Å². The van der Waals surface area contributed by atoms with E-state index < -0.39 is 5.82 Å². The van der Waals surface area contributed by atoms with Crippen LogP contribution in [0.5, 0.6) is 0 Å². The van der Waals surface area contributed by atoms with Gasteiger partial charge in [0, 0.05) is 12.1 Å². The second-order valence-electron chi connectivity index (χ2n) is 4.80. The normalized spacial score (nSPS) is 11.2. The molecule has 0 aromatic carbocycles. The summed E-state index contributed by atoms with van der Waals surface area (Å²) in [6.07, 6.45) is 2.73. The molecule has 0 bridgehead atoms. The number of hydrogen-bond donors (Lipinski definition) is 2. The molecule has 0 unspecified atom stereocenters. The van der Waals surface area contributed by atoms with E-state index in [0.717, 1.165) is 19.0 Å². The van der Waals surface area contributed by atoms with Crippen molar-refractivity contribution in [3.8, 4) is 0 Å². The number of carbonyl (C=O) groups is 1. The number of carbonyl (C=O) groups excluding carboxylic acids is 1. The molecule has 0 spiro atoms. The van der Waals surface area contributed by atoms with E-state index in [-0.39, 0.29) is 17.0 Å². The van der Waals surface area contributed by atoms with E-state index in [1.165, 1.54) is 6.07 Å². The highest BCUT2D eigenvalue weighted by Crippen LogP contribution is 2.18. The zero-order valence-electron chi connectivity index (χ0n) is 12.0. The Kier molecular flexibility index (Phi) is 5.27. The number of halogens is 1. The average Bonchev–Trinajstić information content (AvgIpc) is 2.40. The zero-order chi connectivity index (χ0) is 14.5. The smallest absolute Gasteiger partial charge is 0.255 e. The summed E-state index contributed by atoms with van der Waals surface area (Å²) in [5, 5.41) is 5.92. The molecule has 106 valence electrons. The Hall–Kier alpha value is -1.65. The first kappa shape index (κ1) is 15.4. The van der Waals surface area contributed by atoms with Crippen LogP contribution < -0.4 is 10.6 Å². The second-order valence-corrected chi connectivity index (χ2v) is 4.80. The topological polar surface area (TPSA) is 54.0 Å². The summed E-state index contributed by atoms with van der Waals surface area (Å²) < 4.78 is 13.3. The molecule has 0 atom stereocenters. The van der Waals surface area contributed by atoms with Crippen LogP contribution in [0.2, 0.25) is 0 Å². The molecular formula is C14H22FN3O. The summed E-state index contributed by atoms with van der Waals surface area (Å²) in [6.45, 7) is 8.52. The molecule has 0 aliphatic rings. The molecule has 0 radical (unpaired) electrons. The highest BCUT2D eigenvalue weighted by molar-refractivity contribution is 5.99. The van der Waals surface area contributed by atoms with Crippen LogP contribution in [-0.4, -0.2) is 23.0 Å². The first-order valence-electron chi connectivity index (χ1n) is 6.67. The summed E-state index contributed by atoms with van der Waals surface area (Å²) >= 11 is 0. The highest BCUT2D eigenvalue weighted by Gasteiger charge is 2.24. The minimum Gasteiger partial charge on any atom is -0.370 e. The third-order valence-corrected chi connectivity index (χ3v) is 3.42. The molecule has 0 saturated carbocycles. The number of nitrogens with zero attached hydrogens (tertiary/aromatic N) is 1. The SMILES string of the molecule is CCNc1ncc(F)cc1C(=O)NC(C)(CC)CC. The third kappa shape index (κ3) is 3.91. The van der Waals surface area contributed by atoms with Crippen molar-refractivity contribution < 1.29 is 9.18 Å². The molecule has 19 heavy (non-hydrogen) atoms. The molecule has 5 heteroatoms. The van der Waals surface area contributed by atoms with Crippen molar-refractivity contribution in [1.29, 1.82) is 0 Å². The molecule has 1 amide bonds. The maximum absolute atomic E-state index is 13.3. The first-order valence-corrected chi connectivity index (χ1v) is 6.67. The van der Waals surface area contributed by atoms with E-state index in [1.54, 1.807) is 0 Å². The number of pyridine rings is 1. The van der Waals surface area contributed by atoms with Crippen molar-refractivity contribution in [1.82, 2.24) is 10.3 Å². The Labute approximate surface area is 113 Å². The van der Waals surface area contributed by atoms with E-state index in [4.69, 9.17) is 0 Å². The standard InChI is InChI=1S/C14H22FN3O/c1-5-14(4,6-2)18-13(19)11-8-10(15)9-17-12(11)16-7-3/h8-9H,5-7H2,1-4H3,(H,16,17)(H,18,19). The number of anilines is 1. The third-order valence-electron chi connectivity index (χ3n) is 3.42. The summed E-state index contributed by atoms with van der Waals surface area (Å²) in [4.78, 5) is 16.2. The molecule has 1 rings (SSSR count). The molecule has 0 saturated heterocycles. The fourth-order valence-corrected chi connectivity index (χ4v) is 1.69. The fourth-order valence-electron chi connectivity index (χ4n) is 1.69. The maximum Gasteiger partial charge on any atom is 0.255 e. The van der Waals surface area contributed by atoms with E-state index in [0.29, 0.717) is 12.4 Å². The molecule has 2 N–H and O–H groups in total. The van der Waals surface area contributed by atoms with Crippen LogP contribution in [0.15, 0.2) is 12.3 Å². The summed E-state index contributed by atoms with van der Waals surface area (Å²) in [7, 11) is 0. The van der Waals surface area contributed by atoms with Gasteiger partial charge in [-0.25, -0.2) is 9.37 Å². The van der Waals surface area contributed by atoms with Crippen molar-refractivity contribution in [2.75, 3.05) is 11.9 Å². The number of rotatable bonds is 6. The van der Waals surface area contributed by atoms with Gasteiger partial charge in [-0.3, -0.25) is 4.79 Å². The lowest BCUT2D eigenvalue weighted by molar-refractivity contribution is 0.0901. The molecule has 0 fully saturated rings. The van der Waals surface area contributed by atoms with Gasteiger partial charge in [-0.15, -0.1) is 0 Å². The van der Waals surface area contributed by atoms with Gasteiger partial charge in [0.05, 0.1) is 11.8 Å². The highest BCUT2D eigenvalue weighted by atomic mass is 19.1. The van der Waals surface area contributed by atoms with Crippen LogP contribution in [0.4, 0.5) is 10.2 Å². The number of aromatic nitrogens is 1. The van der Waals surface area contributed by atoms with Crippen molar-refractivity contribution in [3.63, 3.8) is 0 Å². The van der Waals surface area contributed by atoms with Gasteiger partial charge in [-0.1, -0.05) is 13.8 Å². The van der Waals surface area contributed by atoms with E-state index in [2.05, 4.69) is 15.6 Å². The molecule has 0 aliphatic carbocycles. The second kappa shape index (κ2) is 6.50. The molecular weight excluding hydrogens is 245 g/mol. The predicted molar refractivity (Wildman–Crippen MR) is 74.8 cm³/mol. The monoisotopic (exact) mass is 267 g/mol. The lowest BCUT2D eigenvalue weighted by Gasteiger charge is -2.28. The quantitative estimate of drug-likeness (QED) is 0.833. The Morgan fingerprint density at radius 2 is 2.00 bits per heavy atom. The van der Waals surface area contributed by atoms with Gasteiger partial charge in [0.1, 0.15) is 11.6 Å². The predicted octanol–water partition coefficient (Wildman–Crippen LogP) is 2.96. The van der Waals surface area contributed by atoms with Crippen LogP contribution in [0.1, 0.15) is 50.9 Å². The van der Waals surface area contributed by atoms with Crippen molar-refractivity contribution >= 4 is 11.7 Å². The minimum absolute atomic E-state index is 0.245.